The van der Waals surface area contributed by atoms with E-state index in [2.05, 4.69) is 35.2 Å². The van der Waals surface area contributed by atoms with Crippen LogP contribution >= 0.6 is 0 Å². The summed E-state index contributed by atoms with van der Waals surface area (Å²) in [4.78, 5) is 10.4. The number of rotatable bonds is 6. The molecule has 3 N–H and O–H groups in total. The molecule has 0 aliphatic carbocycles. The molecule has 2 heterocycles. The number of anilines is 1. The number of benzene rings is 3. The van der Waals surface area contributed by atoms with Crippen molar-refractivity contribution in [2.75, 3.05) is 5.32 Å². The minimum atomic E-state index is -4.77. The van der Waals surface area contributed by atoms with Gasteiger partial charge in [-0.25, -0.2) is 4.98 Å². The Morgan fingerprint density at radius 2 is 1.76 bits per heavy atom. The molecule has 7 nitrogen and oxygen atoms in total. The normalized spacial score (nSPS) is 11.6. The molecule has 0 saturated carbocycles. The van der Waals surface area contributed by atoms with Gasteiger partial charge in [-0.15, -0.1) is 23.4 Å². The van der Waals surface area contributed by atoms with E-state index >= 15 is 0 Å². The Morgan fingerprint density at radius 1 is 0.909 bits per heavy atom. The smallest absolute Gasteiger partial charge is 0.406 e. The van der Waals surface area contributed by atoms with Crippen molar-refractivity contribution in [3.8, 4) is 28.5 Å². The molecule has 0 aliphatic heterocycles. The SMILES string of the molecule is FC(F)(F)Oc1cccc(-c2nnc(-c3ccccc3NCc3ccc4[nH]cnc4c3)[nH]2)c1. The number of nitrogens with zero attached hydrogens (tertiary/aromatic N) is 3. The van der Waals surface area contributed by atoms with Crippen LogP contribution in [0.5, 0.6) is 5.75 Å². The van der Waals surface area contributed by atoms with Crippen molar-refractivity contribution in [3.05, 3.63) is 78.6 Å². The number of halogens is 3. The second-order valence-electron chi connectivity index (χ2n) is 7.25. The van der Waals surface area contributed by atoms with Crippen LogP contribution in [-0.4, -0.2) is 31.5 Å². The average Bonchev–Trinajstić information content (AvgIpc) is 3.46. The van der Waals surface area contributed by atoms with Crippen LogP contribution in [0, 0.1) is 0 Å². The van der Waals surface area contributed by atoms with Gasteiger partial charge in [0.05, 0.1) is 17.4 Å². The second kappa shape index (κ2) is 8.30. The Morgan fingerprint density at radius 3 is 2.64 bits per heavy atom. The summed E-state index contributed by atoms with van der Waals surface area (Å²) in [7, 11) is 0. The summed E-state index contributed by atoms with van der Waals surface area (Å²) in [6.07, 6.45) is -3.11. The molecule has 166 valence electrons. The molecule has 5 aromatic rings. The number of nitrogens with one attached hydrogen (secondary N) is 3. The van der Waals surface area contributed by atoms with Gasteiger partial charge in [-0.2, -0.15) is 0 Å². The molecule has 0 radical (unpaired) electrons. The summed E-state index contributed by atoms with van der Waals surface area (Å²) in [6, 6.07) is 19.1. The van der Waals surface area contributed by atoms with E-state index in [1.54, 1.807) is 12.4 Å². The minimum Gasteiger partial charge on any atom is -0.406 e. The van der Waals surface area contributed by atoms with Gasteiger partial charge >= 0.3 is 6.36 Å². The first kappa shape index (κ1) is 20.6. The Bertz CT molecular complexity index is 1410. The lowest BCUT2D eigenvalue weighted by Gasteiger charge is -2.10. The first-order chi connectivity index (χ1) is 15.9. The van der Waals surface area contributed by atoms with Crippen LogP contribution in [0.4, 0.5) is 18.9 Å². The standard InChI is InChI=1S/C23H17F3N6O/c24-23(25,26)33-16-5-3-4-15(11-16)21-30-22(32-31-21)17-6-1-2-7-18(17)27-12-14-8-9-19-20(10-14)29-13-28-19/h1-11,13,27H,12H2,(H,28,29)(H,30,31,32). The quantitative estimate of drug-likeness (QED) is 0.317. The molecule has 0 unspecified atom stereocenters. The van der Waals surface area contributed by atoms with Gasteiger partial charge in [0.2, 0.25) is 0 Å². The van der Waals surface area contributed by atoms with E-state index in [1.807, 2.05) is 42.5 Å². The average molecular weight is 450 g/mol. The number of aromatic nitrogens is 5. The van der Waals surface area contributed by atoms with Crippen molar-refractivity contribution < 1.29 is 17.9 Å². The fourth-order valence-electron chi connectivity index (χ4n) is 3.48. The maximum atomic E-state index is 12.5. The van der Waals surface area contributed by atoms with Crippen LogP contribution in [0.25, 0.3) is 33.8 Å². The highest BCUT2D eigenvalue weighted by Crippen LogP contribution is 2.30. The third-order valence-corrected chi connectivity index (χ3v) is 4.98. The molecule has 0 amide bonds. The molecular formula is C23H17F3N6O. The summed E-state index contributed by atoms with van der Waals surface area (Å²) in [5, 5.41) is 11.7. The van der Waals surface area contributed by atoms with E-state index in [0.29, 0.717) is 23.8 Å². The molecule has 2 aromatic heterocycles. The van der Waals surface area contributed by atoms with Gasteiger partial charge in [-0.1, -0.05) is 30.3 Å². The van der Waals surface area contributed by atoms with Gasteiger partial charge in [0.25, 0.3) is 0 Å². The Hall–Kier alpha value is -4.34. The molecule has 0 saturated heterocycles. The van der Waals surface area contributed by atoms with E-state index in [0.717, 1.165) is 27.8 Å². The zero-order valence-corrected chi connectivity index (χ0v) is 17.0. The summed E-state index contributed by atoms with van der Waals surface area (Å²) >= 11 is 0. The molecule has 0 aliphatic rings. The summed E-state index contributed by atoms with van der Waals surface area (Å²) in [5.74, 6) is 0.489. The van der Waals surface area contributed by atoms with Gasteiger partial charge in [0.1, 0.15) is 5.75 Å². The molecule has 3 aromatic carbocycles. The largest absolute Gasteiger partial charge is 0.573 e. The fourth-order valence-corrected chi connectivity index (χ4v) is 3.48. The van der Waals surface area contributed by atoms with E-state index in [9.17, 15) is 13.2 Å². The van der Waals surface area contributed by atoms with Gasteiger partial charge in [0.15, 0.2) is 11.6 Å². The third kappa shape index (κ3) is 4.64. The van der Waals surface area contributed by atoms with E-state index < -0.39 is 6.36 Å². The molecule has 10 heteroatoms. The first-order valence-corrected chi connectivity index (χ1v) is 9.99. The number of aromatic amines is 2. The van der Waals surface area contributed by atoms with Crippen LogP contribution in [0.3, 0.4) is 0 Å². The molecule has 0 bridgehead atoms. The number of fused-ring (bicyclic) bond motifs is 1. The Labute approximate surface area is 185 Å². The van der Waals surface area contributed by atoms with Crippen molar-refractivity contribution >= 4 is 16.7 Å². The Kier molecular flexibility index (Phi) is 5.17. The topological polar surface area (TPSA) is 91.5 Å². The second-order valence-corrected chi connectivity index (χ2v) is 7.25. The lowest BCUT2D eigenvalue weighted by Crippen LogP contribution is -2.17. The maximum Gasteiger partial charge on any atom is 0.573 e. The van der Waals surface area contributed by atoms with Crippen molar-refractivity contribution in [2.24, 2.45) is 0 Å². The fraction of sp³-hybridized carbons (Fsp3) is 0.0870. The molecule has 0 fully saturated rings. The molecule has 33 heavy (non-hydrogen) atoms. The van der Waals surface area contributed by atoms with Crippen LogP contribution in [0.15, 0.2) is 73.1 Å². The van der Waals surface area contributed by atoms with Crippen LogP contribution in [-0.2, 0) is 6.54 Å². The number of alkyl halides is 3. The number of hydrogen-bond acceptors (Lipinski definition) is 5. The van der Waals surface area contributed by atoms with E-state index in [4.69, 9.17) is 0 Å². The summed E-state index contributed by atoms with van der Waals surface area (Å²) in [5.41, 5.74) is 4.95. The van der Waals surface area contributed by atoms with Crippen molar-refractivity contribution in [3.63, 3.8) is 0 Å². The predicted molar refractivity (Wildman–Crippen MR) is 117 cm³/mol. The molecule has 0 atom stereocenters. The lowest BCUT2D eigenvalue weighted by molar-refractivity contribution is -0.274. The van der Waals surface area contributed by atoms with E-state index in [-0.39, 0.29) is 5.75 Å². The number of imidazole rings is 1. The number of para-hydroxylation sites is 1. The van der Waals surface area contributed by atoms with Gasteiger partial charge in [-0.05, 0) is 42.0 Å². The molecule has 0 spiro atoms. The van der Waals surface area contributed by atoms with Crippen molar-refractivity contribution in [1.29, 1.82) is 0 Å². The summed E-state index contributed by atoms with van der Waals surface area (Å²) < 4.78 is 41.6. The van der Waals surface area contributed by atoms with Gasteiger partial charge in [-0.3, -0.25) is 0 Å². The summed E-state index contributed by atoms with van der Waals surface area (Å²) in [6.45, 7) is 0.567. The highest BCUT2D eigenvalue weighted by Gasteiger charge is 2.31. The van der Waals surface area contributed by atoms with Gasteiger partial charge in [0, 0.05) is 23.4 Å². The third-order valence-electron chi connectivity index (χ3n) is 4.98. The molecule has 5 rings (SSSR count). The van der Waals surface area contributed by atoms with Crippen LogP contribution < -0.4 is 10.1 Å². The zero-order chi connectivity index (χ0) is 22.8. The van der Waals surface area contributed by atoms with E-state index in [1.165, 1.54) is 18.2 Å². The number of ether oxygens (including phenoxy) is 1. The van der Waals surface area contributed by atoms with Crippen molar-refractivity contribution in [2.45, 2.75) is 12.9 Å². The minimum absolute atomic E-state index is 0.325. The van der Waals surface area contributed by atoms with Crippen LogP contribution in [0.1, 0.15) is 5.56 Å². The highest BCUT2D eigenvalue weighted by atomic mass is 19.4. The number of hydrogen-bond donors (Lipinski definition) is 3. The monoisotopic (exact) mass is 450 g/mol. The van der Waals surface area contributed by atoms with Gasteiger partial charge < -0.3 is 20.0 Å². The first-order valence-electron chi connectivity index (χ1n) is 9.99. The Balaban J connectivity index is 1.37. The zero-order valence-electron chi connectivity index (χ0n) is 17.0. The highest BCUT2D eigenvalue weighted by molar-refractivity contribution is 5.76. The van der Waals surface area contributed by atoms with Crippen LogP contribution in [0.2, 0.25) is 0 Å². The number of H-pyrrole nitrogens is 2. The van der Waals surface area contributed by atoms with Crippen molar-refractivity contribution in [1.82, 2.24) is 25.1 Å². The molecular weight excluding hydrogens is 433 g/mol. The predicted octanol–water partition coefficient (Wildman–Crippen LogP) is 5.53. The lowest BCUT2D eigenvalue weighted by atomic mass is 10.1. The maximum absolute atomic E-state index is 12.5.